The molecule has 0 aliphatic carbocycles. The normalized spacial score (nSPS) is 10.7. The van der Waals surface area contributed by atoms with Gasteiger partial charge < -0.3 is 14.6 Å². The molecule has 2 aromatic carbocycles. The Morgan fingerprint density at radius 3 is 2.25 bits per heavy atom. The third-order valence-corrected chi connectivity index (χ3v) is 5.11. The Labute approximate surface area is 189 Å². The van der Waals surface area contributed by atoms with Crippen LogP contribution in [0.3, 0.4) is 0 Å². The minimum atomic E-state index is -0.801. The first-order valence-corrected chi connectivity index (χ1v) is 10.0. The molecule has 1 heterocycles. The number of hydrogen-bond acceptors (Lipinski definition) is 6. The van der Waals surface area contributed by atoms with Crippen molar-refractivity contribution in [3.8, 4) is 5.75 Å². The first-order chi connectivity index (χ1) is 15.1. The van der Waals surface area contributed by atoms with E-state index < -0.39 is 17.8 Å². The number of H-pyrrole nitrogens is 1. The average molecular weight is 457 g/mol. The summed E-state index contributed by atoms with van der Waals surface area (Å²) in [4.78, 5) is 57.3. The van der Waals surface area contributed by atoms with Crippen molar-refractivity contribution in [2.24, 2.45) is 0 Å². The van der Waals surface area contributed by atoms with Crippen molar-refractivity contribution in [2.45, 2.75) is 27.2 Å². The fourth-order valence-electron chi connectivity index (χ4n) is 3.47. The van der Waals surface area contributed by atoms with Gasteiger partial charge in [0.05, 0.1) is 19.1 Å². The first kappa shape index (κ1) is 23.0. The van der Waals surface area contributed by atoms with Crippen LogP contribution in [0.5, 0.6) is 5.75 Å². The van der Waals surface area contributed by atoms with E-state index in [1.165, 1.54) is 7.11 Å². The number of hydroxylamine groups is 2. The molecule has 3 rings (SSSR count). The van der Waals surface area contributed by atoms with Gasteiger partial charge in [0.1, 0.15) is 5.75 Å². The Balaban J connectivity index is 2.16. The molecule has 0 radical (unpaired) electrons. The van der Waals surface area contributed by atoms with Crippen molar-refractivity contribution < 1.29 is 28.8 Å². The number of halogens is 1. The van der Waals surface area contributed by atoms with Crippen LogP contribution in [0.25, 0.3) is 10.9 Å². The number of fused-ring (bicyclic) bond motifs is 1. The van der Waals surface area contributed by atoms with E-state index in [2.05, 4.69) is 4.98 Å². The molecule has 0 spiro atoms. The molecule has 32 heavy (non-hydrogen) atoms. The van der Waals surface area contributed by atoms with Crippen molar-refractivity contribution in [1.82, 2.24) is 10.0 Å². The van der Waals surface area contributed by atoms with Gasteiger partial charge in [0, 0.05) is 41.0 Å². The van der Waals surface area contributed by atoms with Gasteiger partial charge in [-0.2, -0.15) is 0 Å². The number of ketones is 1. The molecule has 166 valence electrons. The molecule has 2 amide bonds. The highest BCUT2D eigenvalue weighted by Crippen LogP contribution is 2.34. The molecular weight excluding hydrogens is 436 g/mol. The molecule has 0 aliphatic rings. The molecule has 8 nitrogen and oxygen atoms in total. The van der Waals surface area contributed by atoms with Crippen LogP contribution in [0, 0.1) is 6.92 Å². The molecule has 1 N–H and O–H groups in total. The summed E-state index contributed by atoms with van der Waals surface area (Å²) in [5.41, 5.74) is 2.38. The number of ether oxygens (including phenoxy) is 1. The van der Waals surface area contributed by atoms with Gasteiger partial charge >= 0.3 is 5.97 Å². The summed E-state index contributed by atoms with van der Waals surface area (Å²) >= 11 is 5.95. The number of amides is 2. The summed E-state index contributed by atoms with van der Waals surface area (Å²) in [6.45, 7) is 3.95. The molecule has 1 aromatic heterocycles. The van der Waals surface area contributed by atoms with Crippen molar-refractivity contribution in [1.29, 1.82) is 0 Å². The second-order valence-corrected chi connectivity index (χ2v) is 7.53. The van der Waals surface area contributed by atoms with E-state index >= 15 is 0 Å². The van der Waals surface area contributed by atoms with Gasteiger partial charge in [-0.1, -0.05) is 11.6 Å². The van der Waals surface area contributed by atoms with Crippen molar-refractivity contribution in [2.75, 3.05) is 7.11 Å². The third kappa shape index (κ3) is 4.50. The lowest BCUT2D eigenvalue weighted by atomic mass is 9.95. The van der Waals surface area contributed by atoms with Gasteiger partial charge in [-0.15, -0.1) is 5.06 Å². The predicted octanol–water partition coefficient (Wildman–Crippen LogP) is 3.77. The average Bonchev–Trinajstić information content (AvgIpc) is 3.06. The molecule has 0 saturated heterocycles. The Morgan fingerprint density at radius 2 is 1.69 bits per heavy atom. The van der Waals surface area contributed by atoms with Crippen molar-refractivity contribution in [3.05, 3.63) is 63.8 Å². The summed E-state index contributed by atoms with van der Waals surface area (Å²) in [6, 6.07) is 9.82. The highest BCUT2D eigenvalue weighted by atomic mass is 35.5. The molecule has 0 atom stereocenters. The summed E-state index contributed by atoms with van der Waals surface area (Å²) < 4.78 is 5.45. The Morgan fingerprint density at radius 1 is 1.03 bits per heavy atom. The number of rotatable bonds is 5. The van der Waals surface area contributed by atoms with Gasteiger partial charge in [0.15, 0.2) is 5.78 Å². The lowest BCUT2D eigenvalue weighted by molar-refractivity contribution is -0.199. The number of hydrogen-bond donors (Lipinski definition) is 1. The lowest BCUT2D eigenvalue weighted by Crippen LogP contribution is -2.37. The van der Waals surface area contributed by atoms with E-state index in [4.69, 9.17) is 21.2 Å². The van der Waals surface area contributed by atoms with Gasteiger partial charge in [-0.25, -0.2) is 4.79 Å². The number of nitrogens with one attached hydrogen (secondary N) is 1. The topological polar surface area (TPSA) is 106 Å². The number of imide groups is 1. The second kappa shape index (κ2) is 9.23. The zero-order chi connectivity index (χ0) is 23.6. The maximum Gasteiger partial charge on any atom is 0.330 e. The van der Waals surface area contributed by atoms with Gasteiger partial charge in [0.25, 0.3) is 11.8 Å². The lowest BCUT2D eigenvalue weighted by Gasteiger charge is -2.17. The summed E-state index contributed by atoms with van der Waals surface area (Å²) in [5.74, 6) is -2.28. The van der Waals surface area contributed by atoms with E-state index in [9.17, 15) is 19.2 Å². The zero-order valence-electron chi connectivity index (χ0n) is 17.9. The Hall–Kier alpha value is -3.65. The molecule has 0 bridgehead atoms. The number of carbonyl (C=O) groups is 4. The predicted molar refractivity (Wildman–Crippen MR) is 117 cm³/mol. The number of carbonyl (C=O) groups excluding carboxylic acids is 4. The minimum absolute atomic E-state index is 0.265. The fourth-order valence-corrected chi connectivity index (χ4v) is 3.60. The van der Waals surface area contributed by atoms with Crippen LogP contribution in [0.15, 0.2) is 36.4 Å². The fraction of sp³-hybridized carbons (Fsp3) is 0.217. The van der Waals surface area contributed by atoms with E-state index in [1.54, 1.807) is 43.3 Å². The summed E-state index contributed by atoms with van der Waals surface area (Å²) in [7, 11) is 1.45. The number of aryl methyl sites for hydroxylation is 1. The SMILES string of the molecule is COc1ccc2[nH]c(C)c(CC(=O)N(OC(C)=O)C(C)=O)c2c1C(=O)c1ccc(Cl)cc1. The van der Waals surface area contributed by atoms with Crippen molar-refractivity contribution >= 4 is 46.1 Å². The number of aromatic amines is 1. The van der Waals surface area contributed by atoms with Crippen molar-refractivity contribution in [3.63, 3.8) is 0 Å². The molecule has 0 unspecified atom stereocenters. The third-order valence-electron chi connectivity index (χ3n) is 4.86. The quantitative estimate of drug-likeness (QED) is 0.462. The van der Waals surface area contributed by atoms with Crippen LogP contribution < -0.4 is 4.74 Å². The van der Waals surface area contributed by atoms with E-state index in [0.717, 1.165) is 13.8 Å². The Kier molecular flexibility index (Phi) is 6.64. The van der Waals surface area contributed by atoms with Gasteiger partial charge in [-0.3, -0.25) is 14.4 Å². The molecule has 9 heteroatoms. The molecule has 0 saturated carbocycles. The van der Waals surface area contributed by atoms with Gasteiger partial charge in [0.2, 0.25) is 0 Å². The highest BCUT2D eigenvalue weighted by molar-refractivity contribution is 6.30. The molecule has 3 aromatic rings. The number of methoxy groups -OCH3 is 1. The molecule has 0 fully saturated rings. The highest BCUT2D eigenvalue weighted by Gasteiger charge is 2.27. The van der Waals surface area contributed by atoms with Crippen LogP contribution in [0.1, 0.15) is 41.0 Å². The second-order valence-electron chi connectivity index (χ2n) is 7.10. The van der Waals surface area contributed by atoms with Crippen LogP contribution >= 0.6 is 11.6 Å². The standard InChI is InChI=1S/C23H21ClN2O6/c1-12-17(11-20(29)26(13(2)27)32-14(3)28)21-18(25-12)9-10-19(31-4)22(21)23(30)15-5-7-16(24)8-6-15/h5-10,25H,11H2,1-4H3. The van der Waals surface area contributed by atoms with E-state index in [0.29, 0.717) is 43.6 Å². The van der Waals surface area contributed by atoms with E-state index in [-0.39, 0.29) is 17.8 Å². The summed E-state index contributed by atoms with van der Waals surface area (Å²) in [6.07, 6.45) is -0.285. The maximum atomic E-state index is 13.4. The van der Waals surface area contributed by atoms with Crippen LogP contribution in [0.2, 0.25) is 5.02 Å². The van der Waals surface area contributed by atoms with Crippen LogP contribution in [-0.4, -0.2) is 40.7 Å². The zero-order valence-corrected chi connectivity index (χ0v) is 18.7. The van der Waals surface area contributed by atoms with Crippen LogP contribution in [-0.2, 0) is 25.6 Å². The minimum Gasteiger partial charge on any atom is -0.496 e. The number of aromatic nitrogens is 1. The maximum absolute atomic E-state index is 13.4. The Bertz CT molecular complexity index is 1230. The summed E-state index contributed by atoms with van der Waals surface area (Å²) in [5, 5.41) is 1.40. The molecular formula is C23H21ClN2O6. The number of benzene rings is 2. The van der Waals surface area contributed by atoms with Gasteiger partial charge in [-0.05, 0) is 48.9 Å². The first-order valence-electron chi connectivity index (χ1n) is 9.64. The smallest absolute Gasteiger partial charge is 0.330 e. The monoisotopic (exact) mass is 456 g/mol. The molecule has 0 aliphatic heterocycles. The number of nitrogens with zero attached hydrogens (tertiary/aromatic N) is 1. The largest absolute Gasteiger partial charge is 0.496 e. The van der Waals surface area contributed by atoms with Crippen LogP contribution in [0.4, 0.5) is 0 Å². The van der Waals surface area contributed by atoms with E-state index in [1.807, 2.05) is 0 Å².